The molecule has 7 heteroatoms. The predicted octanol–water partition coefficient (Wildman–Crippen LogP) is -1.73. The minimum absolute atomic E-state index is 0. The Hall–Kier alpha value is 0.766. The summed E-state index contributed by atoms with van der Waals surface area (Å²) in [6.07, 6.45) is 0. The molecule has 0 unspecified atom stereocenters. The largest absolute Gasteiger partial charge is 2.00 e. The van der Waals surface area contributed by atoms with Crippen molar-refractivity contribution >= 4 is 36.4 Å². The van der Waals surface area contributed by atoms with Gasteiger partial charge < -0.3 is 9.00 Å². The molecule has 0 aliphatic rings. The molecule has 0 fully saturated rings. The van der Waals surface area contributed by atoms with Crippen molar-refractivity contribution in [1.82, 2.24) is 6.15 Å². The normalized spacial score (nSPS) is 8.29. The van der Waals surface area contributed by atoms with Crippen molar-refractivity contribution in [2.24, 2.45) is 0 Å². The van der Waals surface area contributed by atoms with Gasteiger partial charge in [0.2, 0.25) is 0 Å². The van der Waals surface area contributed by atoms with Gasteiger partial charge in [-0.25, -0.2) is 0 Å². The SMILES string of the molecule is N.O=[Se](=O)(O)O.[H-].[H-].[Mg+2]. The van der Waals surface area contributed by atoms with Gasteiger partial charge in [0.15, 0.2) is 0 Å². The van der Waals surface area contributed by atoms with Crippen LogP contribution >= 0.6 is 0 Å². The van der Waals surface area contributed by atoms with Gasteiger partial charge in [-0.1, -0.05) is 0 Å². The second-order valence-electron chi connectivity index (χ2n) is 0.448. The van der Waals surface area contributed by atoms with Crippen molar-refractivity contribution < 1.29 is 18.9 Å². The molecule has 0 aromatic heterocycles. The van der Waals surface area contributed by atoms with Gasteiger partial charge in [0.25, 0.3) is 0 Å². The van der Waals surface area contributed by atoms with Crippen molar-refractivity contribution in [3.05, 3.63) is 0 Å². The van der Waals surface area contributed by atoms with Crippen LogP contribution < -0.4 is 6.15 Å². The molecular weight excluding hydrogens is 181 g/mol. The summed E-state index contributed by atoms with van der Waals surface area (Å²) in [5, 5.41) is 0. The molecule has 5 N–H and O–H groups in total. The molecule has 0 bridgehead atoms. The average Bonchev–Trinajstić information content (AvgIpc) is 0.722. The van der Waals surface area contributed by atoms with Crippen LogP contribution in [0.1, 0.15) is 2.85 Å². The van der Waals surface area contributed by atoms with E-state index in [2.05, 4.69) is 0 Å². The minimum Gasteiger partial charge on any atom is -1.00 e. The minimum atomic E-state index is -5.25. The van der Waals surface area contributed by atoms with Crippen LogP contribution in [0, 0.1) is 0 Å². The van der Waals surface area contributed by atoms with Crippen molar-refractivity contribution in [3.8, 4) is 0 Å². The first-order chi connectivity index (χ1) is 2.00. The van der Waals surface area contributed by atoms with Crippen molar-refractivity contribution in [2.75, 3.05) is 0 Å². The van der Waals surface area contributed by atoms with E-state index >= 15 is 0 Å². The first kappa shape index (κ1) is 15.7. The molecular formula is H7MgNO4Se. The van der Waals surface area contributed by atoms with Crippen LogP contribution in [-0.4, -0.2) is 44.8 Å². The molecule has 0 aromatic carbocycles. The van der Waals surface area contributed by atoms with Crippen LogP contribution in [-0.2, 0) is 7.67 Å². The van der Waals surface area contributed by atoms with Crippen LogP contribution in [0.15, 0.2) is 0 Å². The predicted molar refractivity (Wildman–Crippen MR) is 24.6 cm³/mol. The van der Waals surface area contributed by atoms with Gasteiger partial charge in [-0.3, -0.25) is 0 Å². The zero-order valence-electron chi connectivity index (χ0n) is 5.53. The summed E-state index contributed by atoms with van der Waals surface area (Å²) in [4.78, 5) is 0. The molecule has 0 saturated carbocycles. The maximum atomic E-state index is 8.82. The first-order valence-electron chi connectivity index (χ1n) is 0.698. The van der Waals surface area contributed by atoms with Crippen LogP contribution in [0.4, 0.5) is 0 Å². The molecule has 0 atom stereocenters. The van der Waals surface area contributed by atoms with E-state index in [1.807, 2.05) is 0 Å². The molecule has 0 spiro atoms. The summed E-state index contributed by atoms with van der Waals surface area (Å²) in [5.41, 5.74) is 0. The molecule has 0 radical (unpaired) electrons. The van der Waals surface area contributed by atoms with E-state index in [0.717, 1.165) is 0 Å². The molecule has 0 rings (SSSR count). The monoisotopic (exact) mass is 189 g/mol. The fraction of sp³-hybridized carbons (Fsp3) is 0. The molecule has 7 heavy (non-hydrogen) atoms. The number of hydrogen-bond donors (Lipinski definition) is 3. The van der Waals surface area contributed by atoms with E-state index in [-0.39, 0.29) is 32.1 Å². The van der Waals surface area contributed by atoms with E-state index in [0.29, 0.717) is 0 Å². The molecule has 0 aliphatic carbocycles. The smallest absolute Gasteiger partial charge is 1.00 e. The van der Waals surface area contributed by atoms with Crippen molar-refractivity contribution in [2.45, 2.75) is 0 Å². The Morgan fingerprint density at radius 3 is 1.29 bits per heavy atom. The van der Waals surface area contributed by atoms with Gasteiger partial charge in [-0.15, -0.1) is 0 Å². The molecule has 0 aliphatic heterocycles. The average molecular weight is 188 g/mol. The molecule has 0 amide bonds. The van der Waals surface area contributed by atoms with Gasteiger partial charge >= 0.3 is 52.5 Å². The zero-order valence-corrected chi connectivity index (χ0v) is 6.66. The van der Waals surface area contributed by atoms with Gasteiger partial charge in [0.05, 0.1) is 0 Å². The molecule has 0 heterocycles. The van der Waals surface area contributed by atoms with Crippen molar-refractivity contribution in [3.63, 3.8) is 0 Å². The van der Waals surface area contributed by atoms with Crippen LogP contribution in [0.2, 0.25) is 0 Å². The summed E-state index contributed by atoms with van der Waals surface area (Å²) in [6, 6.07) is 0. The van der Waals surface area contributed by atoms with E-state index in [9.17, 15) is 0 Å². The Kier molecular flexibility index (Phi) is 11.0. The fourth-order valence-corrected chi connectivity index (χ4v) is 0. The third kappa shape index (κ3) is 262. The standard InChI is InChI=1S/Mg.H3N.H2O4Se.2H/c;;1-5(2,3)4;;/h;1H3;(H2,1,2,3,4);;/q+2;;;2*-1. The van der Waals surface area contributed by atoms with Gasteiger partial charge in [0, 0.05) is 0 Å². The molecule has 0 aromatic rings. The van der Waals surface area contributed by atoms with Crippen molar-refractivity contribution in [1.29, 1.82) is 0 Å². The Morgan fingerprint density at radius 2 is 1.29 bits per heavy atom. The Morgan fingerprint density at radius 1 is 1.29 bits per heavy atom. The summed E-state index contributed by atoms with van der Waals surface area (Å²) in [5.74, 6) is 0. The third-order valence-electron chi connectivity index (χ3n) is 0. The van der Waals surface area contributed by atoms with Crippen LogP contribution in [0.25, 0.3) is 0 Å². The number of rotatable bonds is 0. The molecule has 5 nitrogen and oxygen atoms in total. The van der Waals surface area contributed by atoms with Crippen LogP contribution in [0.3, 0.4) is 0 Å². The van der Waals surface area contributed by atoms with E-state index < -0.39 is 13.4 Å². The second-order valence-corrected chi connectivity index (χ2v) is 2.33. The van der Waals surface area contributed by atoms with Gasteiger partial charge in [0.1, 0.15) is 0 Å². The zero-order chi connectivity index (χ0) is 4.50. The Labute approximate surface area is 61.7 Å². The summed E-state index contributed by atoms with van der Waals surface area (Å²) in [6.45, 7) is 0. The maximum Gasteiger partial charge on any atom is 2.00 e. The second kappa shape index (κ2) is 4.91. The summed E-state index contributed by atoms with van der Waals surface area (Å²) >= 11 is -5.25. The number of hydrogen-bond acceptors (Lipinski definition) is 3. The van der Waals surface area contributed by atoms with Gasteiger partial charge in [-0.2, -0.15) is 0 Å². The Balaban J connectivity index is -0.0000000133. The summed E-state index contributed by atoms with van der Waals surface area (Å²) in [7, 11) is 0. The summed E-state index contributed by atoms with van der Waals surface area (Å²) < 4.78 is 31.9. The topological polar surface area (TPSA) is 110 Å². The first-order valence-corrected chi connectivity index (χ1v) is 3.63. The van der Waals surface area contributed by atoms with E-state index in [1.54, 1.807) is 0 Å². The van der Waals surface area contributed by atoms with E-state index in [1.165, 1.54) is 0 Å². The van der Waals surface area contributed by atoms with Gasteiger partial charge in [-0.05, 0) is 0 Å². The molecule has 0 saturated heterocycles. The fourth-order valence-electron chi connectivity index (χ4n) is 0. The molecule has 44 valence electrons. The Bertz CT molecular complexity index is 102. The third-order valence-corrected chi connectivity index (χ3v) is 0. The maximum absolute atomic E-state index is 8.82. The quantitative estimate of drug-likeness (QED) is 0.391. The van der Waals surface area contributed by atoms with E-state index in [4.69, 9.17) is 16.0 Å². The van der Waals surface area contributed by atoms with Crippen LogP contribution in [0.5, 0.6) is 0 Å².